The minimum atomic E-state index is -1.23. The molecule has 0 aromatic heterocycles. The summed E-state index contributed by atoms with van der Waals surface area (Å²) in [7, 11) is 0. The molecule has 1 aromatic carbocycles. The summed E-state index contributed by atoms with van der Waals surface area (Å²) in [4.78, 5) is 25.9. The molecule has 1 amide bonds. The first-order valence-corrected chi connectivity index (χ1v) is 7.20. The van der Waals surface area contributed by atoms with E-state index in [0.717, 1.165) is 12.8 Å². The summed E-state index contributed by atoms with van der Waals surface area (Å²) in [6.07, 6.45) is 2.07. The molecule has 2 rings (SSSR count). The van der Waals surface area contributed by atoms with Gasteiger partial charge < -0.3 is 15.7 Å². The third-order valence-electron chi connectivity index (χ3n) is 4.41. The molecule has 1 saturated heterocycles. The zero-order valence-corrected chi connectivity index (χ0v) is 12.5. The first-order chi connectivity index (χ1) is 9.80. The number of carbonyl (C=O) groups is 2. The van der Waals surface area contributed by atoms with E-state index in [0.29, 0.717) is 18.5 Å². The quantitative estimate of drug-likeness (QED) is 0.887. The van der Waals surface area contributed by atoms with Gasteiger partial charge in [-0.1, -0.05) is 30.3 Å². The molecule has 3 N–H and O–H groups in total. The van der Waals surface area contributed by atoms with E-state index in [1.54, 1.807) is 26.0 Å². The van der Waals surface area contributed by atoms with Crippen molar-refractivity contribution in [1.29, 1.82) is 0 Å². The number of nitrogens with two attached hydrogens (primary N) is 1. The van der Waals surface area contributed by atoms with Crippen molar-refractivity contribution in [3.8, 4) is 0 Å². The van der Waals surface area contributed by atoms with Crippen molar-refractivity contribution in [2.75, 3.05) is 6.54 Å². The van der Waals surface area contributed by atoms with Gasteiger partial charge in [0.05, 0.1) is 0 Å². The Labute approximate surface area is 124 Å². The Bertz CT molecular complexity index is 542. The minimum absolute atomic E-state index is 0.335. The first kappa shape index (κ1) is 15.5. The lowest BCUT2D eigenvalue weighted by molar-refractivity contribution is -0.163. The molecule has 1 aromatic rings. The summed E-state index contributed by atoms with van der Waals surface area (Å²) >= 11 is 0. The lowest BCUT2D eigenvalue weighted by Gasteiger charge is -2.44. The molecule has 0 bridgehead atoms. The Kier molecular flexibility index (Phi) is 4.05. The van der Waals surface area contributed by atoms with Gasteiger partial charge in [-0.15, -0.1) is 0 Å². The van der Waals surface area contributed by atoms with Crippen LogP contribution in [0.5, 0.6) is 0 Å². The van der Waals surface area contributed by atoms with Crippen molar-refractivity contribution < 1.29 is 14.7 Å². The van der Waals surface area contributed by atoms with Gasteiger partial charge in [-0.2, -0.15) is 0 Å². The Balaban J connectivity index is 2.35. The van der Waals surface area contributed by atoms with Gasteiger partial charge >= 0.3 is 5.97 Å². The number of carboxylic acids is 1. The van der Waals surface area contributed by atoms with Crippen LogP contribution in [0.1, 0.15) is 38.7 Å². The molecular weight excluding hydrogens is 268 g/mol. The molecular formula is C16H22N2O3. The fraction of sp³-hybridized carbons (Fsp3) is 0.500. The lowest BCUT2D eigenvalue weighted by atomic mass is 9.84. The number of amides is 1. The molecule has 21 heavy (non-hydrogen) atoms. The Morgan fingerprint density at radius 1 is 1.29 bits per heavy atom. The topological polar surface area (TPSA) is 83.6 Å². The number of hydrogen-bond acceptors (Lipinski definition) is 3. The summed E-state index contributed by atoms with van der Waals surface area (Å²) in [5, 5.41) is 9.52. The van der Waals surface area contributed by atoms with Crippen LogP contribution >= 0.6 is 0 Å². The standard InChI is InChI=1S/C16H22N2O3/c1-15(14(20)21)10-6-7-11-18(15)13(19)16(2,17)12-8-4-3-5-9-12/h3-5,8-9H,6-7,10-11,17H2,1-2H3,(H,20,21). The molecule has 1 heterocycles. The maximum atomic E-state index is 12.9. The van der Waals surface area contributed by atoms with E-state index in [4.69, 9.17) is 5.73 Å². The van der Waals surface area contributed by atoms with E-state index < -0.39 is 17.0 Å². The lowest BCUT2D eigenvalue weighted by Crippen LogP contribution is -2.63. The van der Waals surface area contributed by atoms with Crippen LogP contribution in [-0.2, 0) is 15.1 Å². The third-order valence-corrected chi connectivity index (χ3v) is 4.41. The number of hydrogen-bond donors (Lipinski definition) is 2. The molecule has 1 aliphatic rings. The SMILES string of the molecule is CC(N)(C(=O)N1CCCCC1(C)C(=O)O)c1ccccc1. The summed E-state index contributed by atoms with van der Waals surface area (Å²) in [5.41, 5.74) is 4.54. The van der Waals surface area contributed by atoms with Crippen molar-refractivity contribution in [2.45, 2.75) is 44.2 Å². The maximum Gasteiger partial charge on any atom is 0.329 e. The Morgan fingerprint density at radius 3 is 2.48 bits per heavy atom. The predicted molar refractivity (Wildman–Crippen MR) is 79.6 cm³/mol. The second-order valence-electron chi connectivity index (χ2n) is 6.06. The van der Waals surface area contributed by atoms with E-state index in [1.807, 2.05) is 18.2 Å². The van der Waals surface area contributed by atoms with Crippen molar-refractivity contribution in [1.82, 2.24) is 4.90 Å². The van der Waals surface area contributed by atoms with Crippen molar-refractivity contribution >= 4 is 11.9 Å². The van der Waals surface area contributed by atoms with E-state index in [-0.39, 0.29) is 5.91 Å². The zero-order valence-electron chi connectivity index (χ0n) is 12.5. The normalized spacial score (nSPS) is 25.2. The second-order valence-corrected chi connectivity index (χ2v) is 6.06. The van der Waals surface area contributed by atoms with Crippen LogP contribution in [0.2, 0.25) is 0 Å². The smallest absolute Gasteiger partial charge is 0.329 e. The second kappa shape index (κ2) is 5.48. The predicted octanol–water partition coefficient (Wildman–Crippen LogP) is 1.72. The van der Waals surface area contributed by atoms with Gasteiger partial charge in [0.2, 0.25) is 5.91 Å². The van der Waals surface area contributed by atoms with Crippen LogP contribution in [-0.4, -0.2) is 34.0 Å². The van der Waals surface area contributed by atoms with E-state index >= 15 is 0 Å². The molecule has 0 saturated carbocycles. The fourth-order valence-corrected chi connectivity index (χ4v) is 2.86. The van der Waals surface area contributed by atoms with Crippen LogP contribution < -0.4 is 5.73 Å². The number of carbonyl (C=O) groups excluding carboxylic acids is 1. The number of likely N-dealkylation sites (tertiary alicyclic amines) is 1. The van der Waals surface area contributed by atoms with Crippen molar-refractivity contribution in [3.05, 3.63) is 35.9 Å². The minimum Gasteiger partial charge on any atom is -0.480 e. The number of nitrogens with zero attached hydrogens (tertiary/aromatic N) is 1. The Hall–Kier alpha value is -1.88. The molecule has 5 nitrogen and oxygen atoms in total. The highest BCUT2D eigenvalue weighted by Gasteiger charge is 2.48. The van der Waals surface area contributed by atoms with E-state index in [9.17, 15) is 14.7 Å². The van der Waals surface area contributed by atoms with Gasteiger partial charge in [-0.05, 0) is 38.7 Å². The average molecular weight is 290 g/mol. The summed E-state index contributed by atoms with van der Waals surface area (Å²) < 4.78 is 0. The van der Waals surface area contributed by atoms with Gasteiger partial charge in [0, 0.05) is 6.54 Å². The van der Waals surface area contributed by atoms with Crippen LogP contribution in [0.15, 0.2) is 30.3 Å². The molecule has 0 spiro atoms. The van der Waals surface area contributed by atoms with Crippen molar-refractivity contribution in [3.63, 3.8) is 0 Å². The first-order valence-electron chi connectivity index (χ1n) is 7.20. The molecule has 114 valence electrons. The van der Waals surface area contributed by atoms with Gasteiger partial charge in [0.15, 0.2) is 0 Å². The van der Waals surface area contributed by atoms with Crippen LogP contribution in [0, 0.1) is 0 Å². The van der Waals surface area contributed by atoms with Crippen LogP contribution in [0.25, 0.3) is 0 Å². The van der Waals surface area contributed by atoms with Crippen LogP contribution in [0.4, 0.5) is 0 Å². The van der Waals surface area contributed by atoms with Crippen molar-refractivity contribution in [2.24, 2.45) is 5.73 Å². The fourth-order valence-electron chi connectivity index (χ4n) is 2.86. The average Bonchev–Trinajstić information content (AvgIpc) is 2.47. The monoisotopic (exact) mass is 290 g/mol. The number of benzene rings is 1. The molecule has 1 fully saturated rings. The van der Waals surface area contributed by atoms with Gasteiger partial charge in [0.25, 0.3) is 0 Å². The van der Waals surface area contributed by atoms with E-state index in [2.05, 4.69) is 0 Å². The zero-order chi connectivity index (χ0) is 15.7. The Morgan fingerprint density at radius 2 is 1.90 bits per heavy atom. The summed E-state index contributed by atoms with van der Waals surface area (Å²) in [6, 6.07) is 9.08. The van der Waals surface area contributed by atoms with E-state index in [1.165, 1.54) is 4.90 Å². The molecule has 0 aliphatic carbocycles. The molecule has 2 unspecified atom stereocenters. The molecule has 1 aliphatic heterocycles. The van der Waals surface area contributed by atoms with Gasteiger partial charge in [0.1, 0.15) is 11.1 Å². The highest BCUT2D eigenvalue weighted by atomic mass is 16.4. The molecule has 5 heteroatoms. The summed E-state index contributed by atoms with van der Waals surface area (Å²) in [6.45, 7) is 3.68. The van der Waals surface area contributed by atoms with Crippen LogP contribution in [0.3, 0.4) is 0 Å². The third kappa shape index (κ3) is 2.65. The van der Waals surface area contributed by atoms with Gasteiger partial charge in [-0.25, -0.2) is 4.79 Å². The number of piperidine rings is 1. The maximum absolute atomic E-state index is 12.9. The molecule has 0 radical (unpaired) electrons. The highest BCUT2D eigenvalue weighted by molar-refractivity contribution is 5.92. The highest BCUT2D eigenvalue weighted by Crippen LogP contribution is 2.32. The van der Waals surface area contributed by atoms with Gasteiger partial charge in [-0.3, -0.25) is 4.79 Å². The molecule has 2 atom stereocenters. The summed E-state index contributed by atoms with van der Waals surface area (Å²) in [5.74, 6) is -1.31. The largest absolute Gasteiger partial charge is 0.480 e. The number of rotatable bonds is 3. The number of aliphatic carboxylic acids is 1. The number of carboxylic acid groups (broad SMARTS) is 1.